The van der Waals surface area contributed by atoms with E-state index in [-0.39, 0.29) is 0 Å². The van der Waals surface area contributed by atoms with E-state index in [0.29, 0.717) is 11.1 Å². The SMILES string of the molecule is COc1ccc(CCN2CCCCC2Sc2ccc(NS(C)(=O)=O)cc2)cc1OC. The van der Waals surface area contributed by atoms with Crippen molar-refractivity contribution in [3.05, 3.63) is 48.0 Å². The first-order chi connectivity index (χ1) is 14.4. The lowest BCUT2D eigenvalue weighted by Gasteiger charge is -2.35. The molecule has 0 amide bonds. The zero-order chi connectivity index (χ0) is 21.6. The lowest BCUT2D eigenvalue weighted by Crippen LogP contribution is -2.38. The Bertz CT molecular complexity index is 933. The molecule has 1 unspecified atom stereocenters. The third-order valence-corrected chi connectivity index (χ3v) is 7.08. The van der Waals surface area contributed by atoms with Crippen molar-refractivity contribution in [1.82, 2.24) is 4.90 Å². The fraction of sp³-hybridized carbons (Fsp3) is 0.455. The van der Waals surface area contributed by atoms with E-state index in [0.717, 1.165) is 48.6 Å². The van der Waals surface area contributed by atoms with E-state index in [1.54, 1.807) is 14.2 Å². The van der Waals surface area contributed by atoms with Crippen LogP contribution >= 0.6 is 11.8 Å². The maximum Gasteiger partial charge on any atom is 0.229 e. The van der Waals surface area contributed by atoms with Crippen LogP contribution < -0.4 is 14.2 Å². The Kier molecular flexibility index (Phi) is 7.91. The van der Waals surface area contributed by atoms with Gasteiger partial charge < -0.3 is 9.47 Å². The number of nitrogens with zero attached hydrogens (tertiary/aromatic N) is 1. The zero-order valence-corrected chi connectivity index (χ0v) is 19.4. The van der Waals surface area contributed by atoms with Crippen molar-refractivity contribution >= 4 is 27.5 Å². The van der Waals surface area contributed by atoms with Gasteiger partial charge in [0.1, 0.15) is 0 Å². The molecule has 1 saturated heterocycles. The fourth-order valence-electron chi connectivity index (χ4n) is 3.63. The van der Waals surface area contributed by atoms with Crippen molar-refractivity contribution in [2.45, 2.75) is 36.0 Å². The number of piperidine rings is 1. The minimum atomic E-state index is -3.25. The molecule has 8 heteroatoms. The molecule has 0 radical (unpaired) electrons. The molecular weight excluding hydrogens is 420 g/mol. The Labute approximate surface area is 184 Å². The Hall–Kier alpha value is -1.90. The van der Waals surface area contributed by atoms with Crippen LogP contribution in [0.5, 0.6) is 11.5 Å². The van der Waals surface area contributed by atoms with Crippen LogP contribution in [-0.4, -0.2) is 52.3 Å². The monoisotopic (exact) mass is 450 g/mol. The Morgan fingerprint density at radius 1 is 1.07 bits per heavy atom. The zero-order valence-electron chi connectivity index (χ0n) is 17.8. The van der Waals surface area contributed by atoms with E-state index >= 15 is 0 Å². The molecule has 1 fully saturated rings. The molecule has 0 spiro atoms. The number of hydrogen-bond donors (Lipinski definition) is 1. The lowest BCUT2D eigenvalue weighted by molar-refractivity contribution is 0.208. The second-order valence-electron chi connectivity index (χ2n) is 7.44. The number of hydrogen-bond acceptors (Lipinski definition) is 6. The maximum atomic E-state index is 11.4. The highest BCUT2D eigenvalue weighted by Crippen LogP contribution is 2.33. The summed E-state index contributed by atoms with van der Waals surface area (Å²) >= 11 is 1.85. The van der Waals surface area contributed by atoms with Gasteiger partial charge in [-0.3, -0.25) is 9.62 Å². The highest BCUT2D eigenvalue weighted by atomic mass is 32.2. The van der Waals surface area contributed by atoms with Crippen molar-refractivity contribution in [2.75, 3.05) is 38.3 Å². The number of nitrogens with one attached hydrogen (secondary N) is 1. The van der Waals surface area contributed by atoms with E-state index in [4.69, 9.17) is 9.47 Å². The molecule has 0 saturated carbocycles. The number of rotatable bonds is 9. The predicted molar refractivity (Wildman–Crippen MR) is 123 cm³/mol. The maximum absolute atomic E-state index is 11.4. The standard InChI is InChI=1S/C22H30N2O4S2/c1-27-20-12-7-17(16-21(20)28-2)13-15-24-14-5-4-6-22(24)29-19-10-8-18(9-11-19)23-30(3,25)26/h7-12,16,22-23H,4-6,13-15H2,1-3H3. The molecule has 2 aromatic carbocycles. The van der Waals surface area contributed by atoms with Crippen molar-refractivity contribution in [1.29, 1.82) is 0 Å². The fourth-order valence-corrected chi connectivity index (χ4v) is 5.45. The number of methoxy groups -OCH3 is 2. The lowest BCUT2D eigenvalue weighted by atomic mass is 10.1. The molecule has 1 N–H and O–H groups in total. The van der Waals surface area contributed by atoms with E-state index in [1.807, 2.05) is 42.1 Å². The van der Waals surface area contributed by atoms with Gasteiger partial charge in [-0.1, -0.05) is 6.07 Å². The van der Waals surface area contributed by atoms with E-state index in [1.165, 1.54) is 18.4 Å². The van der Waals surface area contributed by atoms with Crippen LogP contribution in [0.3, 0.4) is 0 Å². The molecule has 1 aliphatic rings. The first-order valence-corrected chi connectivity index (χ1v) is 12.8. The average Bonchev–Trinajstić information content (AvgIpc) is 2.73. The van der Waals surface area contributed by atoms with Gasteiger partial charge in [-0.15, -0.1) is 11.8 Å². The summed E-state index contributed by atoms with van der Waals surface area (Å²) in [5.74, 6) is 1.52. The largest absolute Gasteiger partial charge is 0.493 e. The van der Waals surface area contributed by atoms with Crippen LogP contribution in [0.25, 0.3) is 0 Å². The van der Waals surface area contributed by atoms with Crippen molar-refractivity contribution in [2.24, 2.45) is 0 Å². The molecule has 30 heavy (non-hydrogen) atoms. The number of ether oxygens (including phenoxy) is 2. The second kappa shape index (κ2) is 10.4. The summed E-state index contributed by atoms with van der Waals surface area (Å²) in [5.41, 5.74) is 1.83. The van der Waals surface area contributed by atoms with Gasteiger partial charge in [0, 0.05) is 17.1 Å². The van der Waals surface area contributed by atoms with Crippen molar-refractivity contribution < 1.29 is 17.9 Å². The predicted octanol–water partition coefficient (Wildman–Crippen LogP) is 4.22. The van der Waals surface area contributed by atoms with Crippen molar-refractivity contribution in [3.8, 4) is 11.5 Å². The van der Waals surface area contributed by atoms with Crippen LogP contribution in [0, 0.1) is 0 Å². The Balaban J connectivity index is 1.61. The summed E-state index contributed by atoms with van der Waals surface area (Å²) in [4.78, 5) is 3.70. The highest BCUT2D eigenvalue weighted by molar-refractivity contribution is 7.99. The van der Waals surface area contributed by atoms with E-state index in [2.05, 4.69) is 21.8 Å². The number of anilines is 1. The molecule has 1 atom stereocenters. The van der Waals surface area contributed by atoms with Crippen molar-refractivity contribution in [3.63, 3.8) is 0 Å². The van der Waals surface area contributed by atoms with Gasteiger partial charge in [0.25, 0.3) is 0 Å². The van der Waals surface area contributed by atoms with Gasteiger partial charge in [-0.25, -0.2) is 8.42 Å². The molecule has 1 aliphatic heterocycles. The number of benzene rings is 2. The number of likely N-dealkylation sites (tertiary alicyclic amines) is 1. The molecule has 1 heterocycles. The number of sulfonamides is 1. The van der Waals surface area contributed by atoms with E-state index < -0.39 is 10.0 Å². The first-order valence-electron chi connectivity index (χ1n) is 10.1. The summed E-state index contributed by atoms with van der Waals surface area (Å²) in [6.45, 7) is 2.08. The van der Waals surface area contributed by atoms with Crippen LogP contribution in [-0.2, 0) is 16.4 Å². The van der Waals surface area contributed by atoms with Crippen LogP contribution in [0.1, 0.15) is 24.8 Å². The second-order valence-corrected chi connectivity index (χ2v) is 10.4. The summed E-state index contributed by atoms with van der Waals surface area (Å²) in [6, 6.07) is 13.7. The van der Waals surface area contributed by atoms with Crippen LogP contribution in [0.2, 0.25) is 0 Å². The molecule has 2 aromatic rings. The third kappa shape index (κ3) is 6.55. The van der Waals surface area contributed by atoms with Gasteiger partial charge >= 0.3 is 0 Å². The molecule has 0 bridgehead atoms. The number of thioether (sulfide) groups is 1. The van der Waals surface area contributed by atoms with Gasteiger partial charge in [0.2, 0.25) is 10.0 Å². The van der Waals surface area contributed by atoms with Crippen LogP contribution in [0.4, 0.5) is 5.69 Å². The quantitative estimate of drug-likeness (QED) is 0.617. The topological polar surface area (TPSA) is 67.9 Å². The Morgan fingerprint density at radius 2 is 1.80 bits per heavy atom. The molecule has 0 aromatic heterocycles. The summed E-state index contributed by atoms with van der Waals surface area (Å²) in [6.07, 6.45) is 5.72. The minimum absolute atomic E-state index is 0.424. The highest BCUT2D eigenvalue weighted by Gasteiger charge is 2.23. The third-order valence-electron chi connectivity index (χ3n) is 5.12. The summed E-state index contributed by atoms with van der Waals surface area (Å²) < 4.78 is 36.0. The van der Waals surface area contributed by atoms with E-state index in [9.17, 15) is 8.42 Å². The summed E-state index contributed by atoms with van der Waals surface area (Å²) in [7, 11) is 0.0609. The first kappa shape index (κ1) is 22.8. The molecule has 164 valence electrons. The average molecular weight is 451 g/mol. The van der Waals surface area contributed by atoms with Gasteiger partial charge in [-0.05, 0) is 74.2 Å². The smallest absolute Gasteiger partial charge is 0.229 e. The normalized spacial score (nSPS) is 17.5. The van der Waals surface area contributed by atoms with Gasteiger partial charge in [0.15, 0.2) is 11.5 Å². The Morgan fingerprint density at radius 3 is 2.47 bits per heavy atom. The molecular formula is C22H30N2O4S2. The summed E-state index contributed by atoms with van der Waals surface area (Å²) in [5, 5.41) is 0.424. The molecule has 3 rings (SSSR count). The van der Waals surface area contributed by atoms with Crippen LogP contribution in [0.15, 0.2) is 47.4 Å². The molecule has 6 nitrogen and oxygen atoms in total. The van der Waals surface area contributed by atoms with Gasteiger partial charge in [-0.2, -0.15) is 0 Å². The molecule has 0 aliphatic carbocycles. The van der Waals surface area contributed by atoms with Gasteiger partial charge in [0.05, 0.1) is 25.8 Å². The minimum Gasteiger partial charge on any atom is -0.493 e.